The molecule has 1 amide bonds. The second-order valence-electron chi connectivity index (χ2n) is 5.66. The smallest absolute Gasteiger partial charge is 0.305 e. The van der Waals surface area contributed by atoms with Crippen molar-refractivity contribution in [3.05, 3.63) is 24.3 Å². The molecule has 0 aromatic carbocycles. The summed E-state index contributed by atoms with van der Waals surface area (Å²) in [4.78, 5) is 30.3. The molecule has 0 fully saturated rings. The first-order chi connectivity index (χ1) is 8.78. The average molecular weight is 265 g/mol. The van der Waals surface area contributed by atoms with Gasteiger partial charge < -0.3 is 10.4 Å². The molecule has 1 unspecified atom stereocenters. The van der Waals surface area contributed by atoms with Crippen molar-refractivity contribution in [1.82, 2.24) is 15.3 Å². The number of nitrogens with one attached hydrogen (secondary N) is 1. The van der Waals surface area contributed by atoms with E-state index < -0.39 is 12.0 Å². The molecule has 6 heteroatoms. The molecule has 0 bridgehead atoms. The molecule has 1 heterocycles. The number of amides is 1. The Balaban J connectivity index is 2.72. The van der Waals surface area contributed by atoms with E-state index in [0.717, 1.165) is 0 Å². The van der Waals surface area contributed by atoms with Crippen molar-refractivity contribution in [2.24, 2.45) is 5.41 Å². The van der Waals surface area contributed by atoms with Gasteiger partial charge in [-0.15, -0.1) is 0 Å². The van der Waals surface area contributed by atoms with Gasteiger partial charge in [-0.25, -0.2) is 9.97 Å². The second kappa shape index (κ2) is 6.26. The summed E-state index contributed by atoms with van der Waals surface area (Å²) >= 11 is 0. The van der Waals surface area contributed by atoms with Gasteiger partial charge in [0.15, 0.2) is 0 Å². The molecule has 0 spiro atoms. The van der Waals surface area contributed by atoms with Crippen LogP contribution in [0.3, 0.4) is 0 Å². The summed E-state index contributed by atoms with van der Waals surface area (Å²) in [5.41, 5.74) is 0.257. The molecular weight excluding hydrogens is 246 g/mol. The van der Waals surface area contributed by atoms with E-state index in [4.69, 9.17) is 5.11 Å². The lowest BCUT2D eigenvalue weighted by atomic mass is 9.87. The number of carbonyl (C=O) groups is 2. The lowest BCUT2D eigenvalue weighted by Gasteiger charge is -2.25. The van der Waals surface area contributed by atoms with Gasteiger partial charge in [0, 0.05) is 18.4 Å². The lowest BCUT2D eigenvalue weighted by Crippen LogP contribution is -2.39. The Morgan fingerprint density at radius 1 is 1.32 bits per heavy atom. The normalized spacial score (nSPS) is 12.8. The van der Waals surface area contributed by atoms with Crippen LogP contribution in [-0.2, 0) is 4.79 Å². The number of aromatic nitrogens is 2. The number of hydrogen-bond acceptors (Lipinski definition) is 4. The Hall–Kier alpha value is -1.98. The quantitative estimate of drug-likeness (QED) is 0.841. The van der Waals surface area contributed by atoms with Crippen LogP contribution in [0.1, 0.15) is 44.0 Å². The number of carbonyl (C=O) groups excluding carboxylic acids is 1. The molecule has 0 aliphatic carbocycles. The first-order valence-electron chi connectivity index (χ1n) is 6.05. The monoisotopic (exact) mass is 265 g/mol. The van der Waals surface area contributed by atoms with Crippen LogP contribution >= 0.6 is 0 Å². The topological polar surface area (TPSA) is 92.2 Å². The third kappa shape index (κ3) is 5.94. The predicted molar refractivity (Wildman–Crippen MR) is 69.6 cm³/mol. The minimum Gasteiger partial charge on any atom is -0.481 e. The largest absolute Gasteiger partial charge is 0.481 e. The van der Waals surface area contributed by atoms with Crippen molar-refractivity contribution in [1.29, 1.82) is 0 Å². The van der Waals surface area contributed by atoms with Gasteiger partial charge in [-0.1, -0.05) is 20.8 Å². The zero-order valence-electron chi connectivity index (χ0n) is 11.4. The van der Waals surface area contributed by atoms with Crippen LogP contribution in [0.2, 0.25) is 0 Å². The SMILES string of the molecule is CC(C)(C)CC(CC(=O)O)NC(=O)c1cncnc1. The number of carboxylic acids is 1. The van der Waals surface area contributed by atoms with Gasteiger partial charge in [0.05, 0.1) is 12.0 Å². The van der Waals surface area contributed by atoms with E-state index in [1.807, 2.05) is 20.8 Å². The number of carboxylic acid groups (broad SMARTS) is 1. The van der Waals surface area contributed by atoms with E-state index in [9.17, 15) is 9.59 Å². The Labute approximate surface area is 112 Å². The zero-order chi connectivity index (χ0) is 14.5. The van der Waals surface area contributed by atoms with Crippen molar-refractivity contribution in [2.45, 2.75) is 39.7 Å². The van der Waals surface area contributed by atoms with Gasteiger partial charge in [-0.3, -0.25) is 9.59 Å². The highest BCUT2D eigenvalue weighted by Gasteiger charge is 2.23. The maximum atomic E-state index is 11.9. The fourth-order valence-corrected chi connectivity index (χ4v) is 1.81. The molecular formula is C13H19N3O3. The highest BCUT2D eigenvalue weighted by Crippen LogP contribution is 2.22. The van der Waals surface area contributed by atoms with Gasteiger partial charge in [-0.2, -0.15) is 0 Å². The summed E-state index contributed by atoms with van der Waals surface area (Å²) in [6.07, 6.45) is 4.62. The Morgan fingerprint density at radius 2 is 1.89 bits per heavy atom. The first-order valence-corrected chi connectivity index (χ1v) is 6.05. The Bertz CT molecular complexity index is 440. The highest BCUT2D eigenvalue weighted by atomic mass is 16.4. The molecule has 19 heavy (non-hydrogen) atoms. The van der Waals surface area contributed by atoms with Crippen molar-refractivity contribution in [3.63, 3.8) is 0 Å². The third-order valence-electron chi connectivity index (χ3n) is 2.44. The number of rotatable bonds is 5. The Kier molecular flexibility index (Phi) is 4.97. The molecule has 0 saturated carbocycles. The maximum Gasteiger partial charge on any atom is 0.305 e. The fourth-order valence-electron chi connectivity index (χ4n) is 1.81. The van der Waals surface area contributed by atoms with E-state index >= 15 is 0 Å². The molecule has 1 atom stereocenters. The summed E-state index contributed by atoms with van der Waals surface area (Å²) in [5, 5.41) is 11.6. The molecule has 104 valence electrons. The van der Waals surface area contributed by atoms with E-state index in [1.165, 1.54) is 18.7 Å². The maximum absolute atomic E-state index is 11.9. The average Bonchev–Trinajstić information content (AvgIpc) is 2.26. The lowest BCUT2D eigenvalue weighted by molar-refractivity contribution is -0.137. The van der Waals surface area contributed by atoms with Gasteiger partial charge in [0.1, 0.15) is 6.33 Å². The van der Waals surface area contributed by atoms with Crippen molar-refractivity contribution >= 4 is 11.9 Å². The van der Waals surface area contributed by atoms with Gasteiger partial charge in [-0.05, 0) is 11.8 Å². The summed E-state index contributed by atoms with van der Waals surface area (Å²) in [7, 11) is 0. The number of aliphatic carboxylic acids is 1. The van der Waals surface area contributed by atoms with Gasteiger partial charge in [0.2, 0.25) is 0 Å². The second-order valence-corrected chi connectivity index (χ2v) is 5.66. The molecule has 0 aliphatic rings. The van der Waals surface area contributed by atoms with Crippen molar-refractivity contribution < 1.29 is 14.7 Å². The number of nitrogens with zero attached hydrogens (tertiary/aromatic N) is 2. The van der Waals surface area contributed by atoms with Crippen molar-refractivity contribution in [2.75, 3.05) is 0 Å². The number of hydrogen-bond donors (Lipinski definition) is 2. The molecule has 1 rings (SSSR count). The fraction of sp³-hybridized carbons (Fsp3) is 0.538. The zero-order valence-corrected chi connectivity index (χ0v) is 11.4. The molecule has 1 aromatic heterocycles. The summed E-state index contributed by atoms with van der Waals surface area (Å²) < 4.78 is 0. The Morgan fingerprint density at radius 3 is 2.37 bits per heavy atom. The third-order valence-corrected chi connectivity index (χ3v) is 2.44. The van der Waals surface area contributed by atoms with Crippen LogP contribution in [0.5, 0.6) is 0 Å². The molecule has 0 radical (unpaired) electrons. The molecule has 2 N–H and O–H groups in total. The molecule has 6 nitrogen and oxygen atoms in total. The first kappa shape index (κ1) is 15.1. The summed E-state index contributed by atoms with van der Waals surface area (Å²) in [6.45, 7) is 6.00. The van der Waals surface area contributed by atoms with Crippen LogP contribution in [-0.4, -0.2) is 33.0 Å². The molecule has 0 saturated heterocycles. The van der Waals surface area contributed by atoms with Crippen LogP contribution in [0.4, 0.5) is 0 Å². The minimum absolute atomic E-state index is 0.0689. The van der Waals surface area contributed by atoms with E-state index in [0.29, 0.717) is 12.0 Å². The summed E-state index contributed by atoms with van der Waals surface area (Å²) in [6, 6.07) is -0.412. The van der Waals surface area contributed by atoms with E-state index in [1.54, 1.807) is 0 Å². The van der Waals surface area contributed by atoms with Crippen LogP contribution in [0.15, 0.2) is 18.7 Å². The molecule has 0 aliphatic heterocycles. The van der Waals surface area contributed by atoms with E-state index in [-0.39, 0.29) is 17.7 Å². The van der Waals surface area contributed by atoms with Crippen molar-refractivity contribution in [3.8, 4) is 0 Å². The highest BCUT2D eigenvalue weighted by molar-refractivity contribution is 5.93. The van der Waals surface area contributed by atoms with Gasteiger partial charge in [0.25, 0.3) is 5.91 Å². The van der Waals surface area contributed by atoms with Crippen LogP contribution in [0.25, 0.3) is 0 Å². The van der Waals surface area contributed by atoms with E-state index in [2.05, 4.69) is 15.3 Å². The summed E-state index contributed by atoms with van der Waals surface area (Å²) in [5.74, 6) is -1.28. The van der Waals surface area contributed by atoms with Crippen LogP contribution in [0, 0.1) is 5.41 Å². The van der Waals surface area contributed by atoms with Gasteiger partial charge >= 0.3 is 5.97 Å². The van der Waals surface area contributed by atoms with Crippen LogP contribution < -0.4 is 5.32 Å². The molecule has 1 aromatic rings. The standard InChI is InChI=1S/C13H19N3O3/c1-13(2,3)5-10(4-11(17)18)16-12(19)9-6-14-8-15-7-9/h6-8,10H,4-5H2,1-3H3,(H,16,19)(H,17,18). The minimum atomic E-state index is -0.932. The predicted octanol–water partition coefficient (Wildman–Crippen LogP) is 1.49.